The van der Waals surface area contributed by atoms with Crippen LogP contribution in [0.1, 0.15) is 28.4 Å². The summed E-state index contributed by atoms with van der Waals surface area (Å²) in [7, 11) is 1.54. The van der Waals surface area contributed by atoms with E-state index in [1.807, 2.05) is 0 Å². The Morgan fingerprint density at radius 3 is 2.39 bits per heavy atom. The molecule has 0 aliphatic rings. The molecule has 1 unspecified atom stereocenters. The van der Waals surface area contributed by atoms with E-state index in [1.165, 1.54) is 0 Å². The molecule has 0 aromatic heterocycles. The van der Waals surface area contributed by atoms with Gasteiger partial charge in [0.15, 0.2) is 0 Å². The molecule has 2 aromatic carbocycles. The van der Waals surface area contributed by atoms with Crippen molar-refractivity contribution >= 4 is 27.8 Å². The van der Waals surface area contributed by atoms with Crippen LogP contribution in [0, 0.1) is 0 Å². The van der Waals surface area contributed by atoms with Gasteiger partial charge >= 0.3 is 0 Å². The van der Waals surface area contributed by atoms with E-state index in [9.17, 15) is 14.7 Å². The van der Waals surface area contributed by atoms with Gasteiger partial charge in [-0.05, 0) is 45.8 Å². The van der Waals surface area contributed by atoms with Crippen LogP contribution in [0.5, 0.6) is 5.75 Å². The molecule has 0 aliphatic heterocycles. The third-order valence-electron chi connectivity index (χ3n) is 3.31. The maximum Gasteiger partial charge on any atom is 0.252 e. The number of aliphatic carboxylic acids is 1. The highest BCUT2D eigenvalue weighted by molar-refractivity contribution is 9.10. The Balaban J connectivity index is 2.23. The number of hydrogen-bond acceptors (Lipinski definition) is 4. The van der Waals surface area contributed by atoms with Crippen LogP contribution in [0.3, 0.4) is 0 Å². The van der Waals surface area contributed by atoms with E-state index in [4.69, 9.17) is 4.74 Å². The Hall–Kier alpha value is -2.34. The van der Waals surface area contributed by atoms with Crippen molar-refractivity contribution in [2.75, 3.05) is 7.11 Å². The van der Waals surface area contributed by atoms with Crippen molar-refractivity contribution < 1.29 is 19.4 Å². The van der Waals surface area contributed by atoms with Gasteiger partial charge < -0.3 is 20.0 Å². The summed E-state index contributed by atoms with van der Waals surface area (Å²) in [5, 5.41) is 13.7. The summed E-state index contributed by atoms with van der Waals surface area (Å²) in [5.74, 6) is -0.948. The van der Waals surface area contributed by atoms with E-state index in [-0.39, 0.29) is 12.3 Å². The number of carbonyl (C=O) groups is 2. The lowest BCUT2D eigenvalue weighted by Crippen LogP contribution is -2.34. The number of benzene rings is 2. The topological polar surface area (TPSA) is 78.5 Å². The first-order valence-corrected chi connectivity index (χ1v) is 7.69. The first-order valence-electron chi connectivity index (χ1n) is 6.90. The molecule has 0 heterocycles. The van der Waals surface area contributed by atoms with Gasteiger partial charge in [0, 0.05) is 16.9 Å². The quantitative estimate of drug-likeness (QED) is 0.836. The van der Waals surface area contributed by atoms with Crippen LogP contribution in [0.2, 0.25) is 0 Å². The summed E-state index contributed by atoms with van der Waals surface area (Å²) in [4.78, 5) is 23.4. The minimum absolute atomic E-state index is 0.317. The molecule has 2 aromatic rings. The van der Waals surface area contributed by atoms with Crippen LogP contribution < -0.4 is 15.2 Å². The zero-order valence-electron chi connectivity index (χ0n) is 12.4. The molecule has 6 heteroatoms. The SMILES string of the molecule is COc1ccc(C(CC(=O)[O-])NC(=O)c2ccccc2Br)cc1. The first kappa shape index (κ1) is 17.0. The van der Waals surface area contributed by atoms with Gasteiger partial charge in [-0.25, -0.2) is 0 Å². The lowest BCUT2D eigenvalue weighted by molar-refractivity contribution is -0.306. The maximum absolute atomic E-state index is 12.4. The molecule has 5 nitrogen and oxygen atoms in total. The second-order valence-electron chi connectivity index (χ2n) is 4.86. The predicted octanol–water partition coefficient (Wildman–Crippen LogP) is 2.07. The number of hydrogen-bond donors (Lipinski definition) is 1. The van der Waals surface area contributed by atoms with Crippen LogP contribution in [0.15, 0.2) is 53.0 Å². The normalized spacial score (nSPS) is 11.6. The molecule has 2 rings (SSSR count). The molecule has 0 fully saturated rings. The molecule has 1 amide bonds. The molecule has 0 aliphatic carbocycles. The molecule has 120 valence electrons. The van der Waals surface area contributed by atoms with E-state index < -0.39 is 12.0 Å². The van der Waals surface area contributed by atoms with Gasteiger partial charge in [-0.2, -0.15) is 0 Å². The van der Waals surface area contributed by atoms with Crippen molar-refractivity contribution in [1.82, 2.24) is 5.32 Å². The Labute approximate surface area is 142 Å². The number of carboxylic acids is 1. The van der Waals surface area contributed by atoms with E-state index in [0.29, 0.717) is 21.3 Å². The molecular formula is C17H15BrNO4-. The van der Waals surface area contributed by atoms with Gasteiger partial charge in [-0.1, -0.05) is 24.3 Å². The van der Waals surface area contributed by atoms with E-state index in [0.717, 1.165) is 0 Å². The van der Waals surface area contributed by atoms with Crippen LogP contribution >= 0.6 is 15.9 Å². The zero-order chi connectivity index (χ0) is 16.8. The summed E-state index contributed by atoms with van der Waals surface area (Å²) in [6, 6.07) is 13.1. The molecule has 1 atom stereocenters. The van der Waals surface area contributed by atoms with Gasteiger partial charge in [0.1, 0.15) is 5.75 Å². The van der Waals surface area contributed by atoms with Crippen molar-refractivity contribution in [3.05, 3.63) is 64.1 Å². The van der Waals surface area contributed by atoms with Crippen LogP contribution in [0.4, 0.5) is 0 Å². The summed E-state index contributed by atoms with van der Waals surface area (Å²) in [6.07, 6.45) is -0.317. The third-order valence-corrected chi connectivity index (χ3v) is 4.00. The molecule has 0 bridgehead atoms. The van der Waals surface area contributed by atoms with Crippen molar-refractivity contribution in [2.45, 2.75) is 12.5 Å². The number of carbonyl (C=O) groups excluding carboxylic acids is 2. The molecule has 0 radical (unpaired) electrons. The minimum Gasteiger partial charge on any atom is -0.550 e. The molecule has 0 saturated carbocycles. The molecule has 23 heavy (non-hydrogen) atoms. The Kier molecular flexibility index (Phi) is 5.76. The van der Waals surface area contributed by atoms with E-state index in [2.05, 4.69) is 21.2 Å². The number of methoxy groups -OCH3 is 1. The van der Waals surface area contributed by atoms with E-state index >= 15 is 0 Å². The third kappa shape index (κ3) is 4.56. The largest absolute Gasteiger partial charge is 0.550 e. The highest BCUT2D eigenvalue weighted by atomic mass is 79.9. The van der Waals surface area contributed by atoms with Crippen molar-refractivity contribution in [3.63, 3.8) is 0 Å². The lowest BCUT2D eigenvalue weighted by Gasteiger charge is -2.20. The Morgan fingerprint density at radius 2 is 1.83 bits per heavy atom. The van der Waals surface area contributed by atoms with E-state index in [1.54, 1.807) is 55.6 Å². The standard InChI is InChI=1S/C17H16BrNO4/c1-23-12-8-6-11(7-9-12)15(10-16(20)21)19-17(22)13-4-2-3-5-14(13)18/h2-9,15H,10H2,1H3,(H,19,22)(H,20,21)/p-1. The monoisotopic (exact) mass is 376 g/mol. The Morgan fingerprint density at radius 1 is 1.17 bits per heavy atom. The number of halogens is 1. The number of amides is 1. The lowest BCUT2D eigenvalue weighted by atomic mass is 10.0. The number of ether oxygens (including phenoxy) is 1. The van der Waals surface area contributed by atoms with Gasteiger partial charge in [-0.15, -0.1) is 0 Å². The van der Waals surface area contributed by atoms with Crippen LogP contribution in [0.25, 0.3) is 0 Å². The minimum atomic E-state index is -1.24. The number of carboxylic acid groups (broad SMARTS) is 1. The summed E-state index contributed by atoms with van der Waals surface area (Å²) in [6.45, 7) is 0. The van der Waals surface area contributed by atoms with Gasteiger partial charge in [-0.3, -0.25) is 4.79 Å². The average molecular weight is 377 g/mol. The summed E-state index contributed by atoms with van der Waals surface area (Å²) in [5.41, 5.74) is 1.10. The maximum atomic E-state index is 12.4. The predicted molar refractivity (Wildman–Crippen MR) is 87.0 cm³/mol. The van der Waals surface area contributed by atoms with Gasteiger partial charge in [0.2, 0.25) is 0 Å². The summed E-state index contributed by atoms with van der Waals surface area (Å²) >= 11 is 3.31. The second-order valence-corrected chi connectivity index (χ2v) is 5.71. The average Bonchev–Trinajstić information content (AvgIpc) is 2.54. The fourth-order valence-electron chi connectivity index (χ4n) is 2.14. The Bertz CT molecular complexity index is 700. The number of nitrogens with one attached hydrogen (secondary N) is 1. The van der Waals surface area contributed by atoms with Crippen molar-refractivity contribution in [1.29, 1.82) is 0 Å². The molecular weight excluding hydrogens is 362 g/mol. The fraction of sp³-hybridized carbons (Fsp3) is 0.176. The van der Waals surface area contributed by atoms with Crippen molar-refractivity contribution in [2.24, 2.45) is 0 Å². The second kappa shape index (κ2) is 7.78. The summed E-state index contributed by atoms with van der Waals surface area (Å²) < 4.78 is 5.71. The molecule has 0 spiro atoms. The van der Waals surface area contributed by atoms with Crippen LogP contribution in [-0.4, -0.2) is 19.0 Å². The fourth-order valence-corrected chi connectivity index (χ4v) is 2.60. The first-order chi connectivity index (χ1) is 11.0. The van der Waals surface area contributed by atoms with Gasteiger partial charge in [0.25, 0.3) is 5.91 Å². The van der Waals surface area contributed by atoms with Crippen molar-refractivity contribution in [3.8, 4) is 5.75 Å². The number of rotatable bonds is 6. The van der Waals surface area contributed by atoms with Gasteiger partial charge in [0.05, 0.1) is 18.7 Å². The highest BCUT2D eigenvalue weighted by Crippen LogP contribution is 2.22. The zero-order valence-corrected chi connectivity index (χ0v) is 14.0. The highest BCUT2D eigenvalue weighted by Gasteiger charge is 2.17. The molecule has 1 N–H and O–H groups in total. The smallest absolute Gasteiger partial charge is 0.252 e. The molecule has 0 saturated heterocycles. The van der Waals surface area contributed by atoms with Crippen LogP contribution in [-0.2, 0) is 4.79 Å².